The predicted molar refractivity (Wildman–Crippen MR) is 107 cm³/mol. The number of halogens is 3. The molecule has 10 heteroatoms. The molecule has 2 aromatic carbocycles. The molecule has 0 bridgehead atoms. The summed E-state index contributed by atoms with van der Waals surface area (Å²) in [6.07, 6.45) is 0. The van der Waals surface area contributed by atoms with Crippen LogP contribution in [-0.2, 0) is 4.79 Å². The van der Waals surface area contributed by atoms with Crippen molar-refractivity contribution in [1.29, 1.82) is 5.26 Å². The van der Waals surface area contributed by atoms with Gasteiger partial charge in [0.15, 0.2) is 5.01 Å². The number of aromatic nitrogens is 1. The van der Waals surface area contributed by atoms with E-state index >= 15 is 0 Å². The minimum Gasteiger partial charge on any atom is -0.337 e. The molecule has 1 N–H and O–H groups in total. The largest absolute Gasteiger partial charge is 0.337 e. The summed E-state index contributed by atoms with van der Waals surface area (Å²) in [5, 5.41) is 11.9. The Labute approximate surface area is 178 Å². The first-order chi connectivity index (χ1) is 14.3. The first kappa shape index (κ1) is 19.9. The number of hydrogen-bond donors (Lipinski definition) is 1. The molecule has 0 aliphatic carbocycles. The van der Waals surface area contributed by atoms with E-state index in [4.69, 9.17) is 16.9 Å². The maximum Gasteiger partial charge on any atom is 0.284 e. The third kappa shape index (κ3) is 3.87. The fourth-order valence-corrected chi connectivity index (χ4v) is 4.29. The number of nitrogens with zero attached hydrogens (tertiary/aromatic N) is 3. The number of nitrogens with one attached hydrogen (secondary N) is 1. The normalized spacial score (nSPS) is 13.3. The van der Waals surface area contributed by atoms with Crippen LogP contribution in [0.25, 0.3) is 21.7 Å². The Balaban J connectivity index is 1.88. The summed E-state index contributed by atoms with van der Waals surface area (Å²) in [7, 11) is 0. The van der Waals surface area contributed by atoms with Gasteiger partial charge in [-0.1, -0.05) is 11.6 Å². The quantitative estimate of drug-likeness (QED) is 0.665. The van der Waals surface area contributed by atoms with Gasteiger partial charge in [0, 0.05) is 10.6 Å². The van der Waals surface area contributed by atoms with Gasteiger partial charge in [0.25, 0.3) is 5.91 Å². The molecule has 1 fully saturated rings. The van der Waals surface area contributed by atoms with Gasteiger partial charge in [-0.25, -0.2) is 13.8 Å². The molecule has 150 valence electrons. The van der Waals surface area contributed by atoms with Crippen LogP contribution in [0.15, 0.2) is 36.4 Å². The van der Waals surface area contributed by atoms with E-state index in [2.05, 4.69) is 10.3 Å². The van der Waals surface area contributed by atoms with Crippen molar-refractivity contribution in [2.75, 3.05) is 13.2 Å². The third-order valence-corrected chi connectivity index (χ3v) is 5.63. The molecule has 4 rings (SSSR count). The van der Waals surface area contributed by atoms with Crippen LogP contribution in [0.3, 0.4) is 0 Å². The van der Waals surface area contributed by atoms with Crippen molar-refractivity contribution in [2.45, 2.75) is 0 Å². The molecule has 3 aromatic rings. The SMILES string of the molecule is N#Cc1cc(F)cc(-c2nc(C(=O)N3CNC(=O)C3)sc2-c2cc(F)cc(Cl)c2)c1. The van der Waals surface area contributed by atoms with Crippen LogP contribution in [0, 0.1) is 23.0 Å². The molecule has 1 aliphatic heterocycles. The van der Waals surface area contributed by atoms with Gasteiger partial charge in [-0.2, -0.15) is 5.26 Å². The van der Waals surface area contributed by atoms with Crippen LogP contribution in [0.5, 0.6) is 0 Å². The zero-order valence-electron chi connectivity index (χ0n) is 15.1. The minimum absolute atomic E-state index is 0.0413. The van der Waals surface area contributed by atoms with Gasteiger partial charge in [0.1, 0.15) is 18.2 Å². The molecule has 0 radical (unpaired) electrons. The van der Waals surface area contributed by atoms with E-state index in [-0.39, 0.29) is 46.0 Å². The molecule has 30 heavy (non-hydrogen) atoms. The molecule has 2 amide bonds. The maximum absolute atomic E-state index is 14.0. The Kier molecular flexibility index (Phi) is 5.20. The average molecular weight is 445 g/mol. The van der Waals surface area contributed by atoms with Crippen LogP contribution in [0.2, 0.25) is 5.02 Å². The zero-order valence-corrected chi connectivity index (χ0v) is 16.7. The molecular formula is C20H11ClF2N4O2S. The van der Waals surface area contributed by atoms with Gasteiger partial charge in [0.05, 0.1) is 28.9 Å². The zero-order chi connectivity index (χ0) is 21.4. The highest BCUT2D eigenvalue weighted by atomic mass is 35.5. The van der Waals surface area contributed by atoms with Gasteiger partial charge in [-0.3, -0.25) is 9.59 Å². The highest BCUT2D eigenvalue weighted by Gasteiger charge is 2.28. The van der Waals surface area contributed by atoms with E-state index in [1.165, 1.54) is 29.2 Å². The lowest BCUT2D eigenvalue weighted by Gasteiger charge is -2.10. The summed E-state index contributed by atoms with van der Waals surface area (Å²) in [6, 6.07) is 9.40. The Morgan fingerprint density at radius 1 is 1.17 bits per heavy atom. The smallest absolute Gasteiger partial charge is 0.284 e. The fraction of sp³-hybridized carbons (Fsp3) is 0.100. The second kappa shape index (κ2) is 7.82. The average Bonchev–Trinajstić information content (AvgIpc) is 3.33. The van der Waals surface area contributed by atoms with Crippen LogP contribution in [0.1, 0.15) is 15.4 Å². The van der Waals surface area contributed by atoms with Crippen molar-refractivity contribution in [2.24, 2.45) is 0 Å². The van der Waals surface area contributed by atoms with Crippen LogP contribution in [-0.4, -0.2) is 34.9 Å². The highest BCUT2D eigenvalue weighted by molar-refractivity contribution is 7.17. The Bertz CT molecular complexity index is 1220. The van der Waals surface area contributed by atoms with Gasteiger partial charge in [-0.15, -0.1) is 11.3 Å². The van der Waals surface area contributed by atoms with Crippen molar-refractivity contribution >= 4 is 34.8 Å². The number of carbonyl (C=O) groups excluding carboxylic acids is 2. The molecule has 2 heterocycles. The van der Waals surface area contributed by atoms with Crippen molar-refractivity contribution in [3.8, 4) is 27.8 Å². The molecular weight excluding hydrogens is 434 g/mol. The number of nitriles is 1. The summed E-state index contributed by atoms with van der Waals surface area (Å²) in [5.74, 6) is -2.02. The second-order valence-corrected chi connectivity index (χ2v) is 7.89. The summed E-state index contributed by atoms with van der Waals surface area (Å²) < 4.78 is 28.0. The molecule has 0 spiro atoms. The maximum atomic E-state index is 14.0. The molecule has 1 aliphatic rings. The molecule has 1 saturated heterocycles. The fourth-order valence-electron chi connectivity index (χ4n) is 3.03. The first-order valence-corrected chi connectivity index (χ1v) is 9.78. The summed E-state index contributed by atoms with van der Waals surface area (Å²) in [4.78, 5) is 30.2. The van der Waals surface area contributed by atoms with Crippen molar-refractivity contribution < 1.29 is 18.4 Å². The molecule has 1 aromatic heterocycles. The standard InChI is InChI=1S/C20H11ClF2N4O2S/c21-13-3-12(5-15(23)6-13)18-17(11-1-10(7-24)2-14(22)4-11)26-19(30-18)20(29)27-8-16(28)25-9-27/h1-6H,8-9H2,(H,25,28). The molecule has 0 saturated carbocycles. The third-order valence-electron chi connectivity index (χ3n) is 4.32. The number of amides is 2. The van der Waals surface area contributed by atoms with Crippen molar-refractivity contribution in [3.63, 3.8) is 0 Å². The van der Waals surface area contributed by atoms with Gasteiger partial charge in [-0.05, 0) is 42.0 Å². The molecule has 6 nitrogen and oxygen atoms in total. The summed E-state index contributed by atoms with van der Waals surface area (Å²) in [6.45, 7) is -0.0559. The van der Waals surface area contributed by atoms with Gasteiger partial charge in [0.2, 0.25) is 5.91 Å². The lowest BCUT2D eigenvalue weighted by molar-refractivity contribution is -0.118. The van der Waals surface area contributed by atoms with Crippen LogP contribution >= 0.6 is 22.9 Å². The van der Waals surface area contributed by atoms with Crippen LogP contribution in [0.4, 0.5) is 8.78 Å². The monoisotopic (exact) mass is 444 g/mol. The first-order valence-electron chi connectivity index (χ1n) is 8.58. The number of hydrogen-bond acceptors (Lipinski definition) is 5. The lowest BCUT2D eigenvalue weighted by atomic mass is 10.0. The van der Waals surface area contributed by atoms with E-state index < -0.39 is 17.5 Å². The molecule has 0 unspecified atom stereocenters. The number of benzene rings is 2. The number of carbonyl (C=O) groups is 2. The second-order valence-electron chi connectivity index (χ2n) is 6.46. The van der Waals surface area contributed by atoms with E-state index in [0.29, 0.717) is 10.4 Å². The topological polar surface area (TPSA) is 86.1 Å². The Hall–Kier alpha value is -3.35. The van der Waals surface area contributed by atoms with Gasteiger partial charge < -0.3 is 10.2 Å². The van der Waals surface area contributed by atoms with Crippen LogP contribution < -0.4 is 5.32 Å². The number of rotatable bonds is 3. The van der Waals surface area contributed by atoms with E-state index in [9.17, 15) is 18.4 Å². The minimum atomic E-state index is -0.650. The van der Waals surface area contributed by atoms with Crippen molar-refractivity contribution in [1.82, 2.24) is 15.2 Å². The van der Waals surface area contributed by atoms with E-state index in [0.717, 1.165) is 23.5 Å². The lowest BCUT2D eigenvalue weighted by Crippen LogP contribution is -2.29. The van der Waals surface area contributed by atoms with Gasteiger partial charge >= 0.3 is 0 Å². The predicted octanol–water partition coefficient (Wildman–Crippen LogP) is 3.81. The Morgan fingerprint density at radius 3 is 2.57 bits per heavy atom. The Morgan fingerprint density at radius 2 is 1.90 bits per heavy atom. The summed E-state index contributed by atoms with van der Waals surface area (Å²) >= 11 is 6.95. The molecule has 0 atom stereocenters. The van der Waals surface area contributed by atoms with E-state index in [1.54, 1.807) is 0 Å². The highest BCUT2D eigenvalue weighted by Crippen LogP contribution is 2.39. The van der Waals surface area contributed by atoms with E-state index in [1.807, 2.05) is 6.07 Å². The number of thiazole rings is 1. The van der Waals surface area contributed by atoms with Crippen molar-refractivity contribution in [3.05, 3.63) is 63.6 Å². The summed E-state index contributed by atoms with van der Waals surface area (Å²) in [5.41, 5.74) is 0.890.